The van der Waals surface area contributed by atoms with Gasteiger partial charge in [0.25, 0.3) is 0 Å². The predicted molar refractivity (Wildman–Crippen MR) is 127 cm³/mol. The number of aromatic nitrogens is 1. The Morgan fingerprint density at radius 2 is 1.75 bits per heavy atom. The third kappa shape index (κ3) is 5.03. The number of anilines is 2. The van der Waals surface area contributed by atoms with Crippen LogP contribution in [-0.4, -0.2) is 49.8 Å². The molecule has 7 nitrogen and oxygen atoms in total. The van der Waals surface area contributed by atoms with Gasteiger partial charge in [-0.05, 0) is 62.4 Å². The first-order valence-electron chi connectivity index (χ1n) is 10.8. The number of amides is 1. The Kier molecular flexibility index (Phi) is 7.24. The van der Waals surface area contributed by atoms with Crippen molar-refractivity contribution in [1.29, 1.82) is 0 Å². The zero-order valence-electron chi connectivity index (χ0n) is 17.6. The largest absolute Gasteiger partial charge is 0.355 e. The van der Waals surface area contributed by atoms with Gasteiger partial charge in [0, 0.05) is 43.3 Å². The maximum absolute atomic E-state index is 13.0. The fraction of sp³-hybridized carbons (Fsp3) is 0.455. The van der Waals surface area contributed by atoms with Gasteiger partial charge >= 0.3 is 0 Å². The number of hydrogen-bond donors (Lipinski definition) is 1. The molecule has 2 aromatic rings. The summed E-state index contributed by atoms with van der Waals surface area (Å²) < 4.78 is 27.4. The van der Waals surface area contributed by atoms with E-state index in [-0.39, 0.29) is 34.8 Å². The Hall–Kier alpha value is -1.87. The quantitative estimate of drug-likeness (QED) is 0.662. The molecule has 0 bridgehead atoms. The number of piperidine rings is 2. The summed E-state index contributed by atoms with van der Waals surface area (Å²) in [6.45, 7) is 2.36. The van der Waals surface area contributed by atoms with Crippen LogP contribution in [-0.2, 0) is 14.8 Å². The number of hydrogen-bond acceptors (Lipinski definition) is 5. The molecule has 172 valence electrons. The third-order valence-electron chi connectivity index (χ3n) is 6.04. The molecule has 1 aromatic carbocycles. The third-order valence-corrected chi connectivity index (χ3v) is 8.65. The van der Waals surface area contributed by atoms with Gasteiger partial charge in [-0.25, -0.2) is 13.4 Å². The van der Waals surface area contributed by atoms with Crippen molar-refractivity contribution in [3.63, 3.8) is 0 Å². The maximum atomic E-state index is 13.0. The number of carbonyl (C=O) groups is 1. The lowest BCUT2D eigenvalue weighted by Crippen LogP contribution is -2.41. The summed E-state index contributed by atoms with van der Waals surface area (Å²) in [5.41, 5.74) is 0.708. The molecule has 2 saturated heterocycles. The number of carbonyl (C=O) groups excluding carboxylic acids is 1. The molecule has 1 aromatic heterocycles. The molecule has 4 rings (SSSR count). The van der Waals surface area contributed by atoms with Crippen LogP contribution in [0.1, 0.15) is 32.1 Å². The van der Waals surface area contributed by atoms with Crippen molar-refractivity contribution < 1.29 is 13.2 Å². The lowest BCUT2D eigenvalue weighted by molar-refractivity contribution is -0.120. The van der Waals surface area contributed by atoms with Crippen molar-refractivity contribution in [3.05, 3.63) is 46.6 Å². The van der Waals surface area contributed by atoms with Crippen molar-refractivity contribution in [3.8, 4) is 0 Å². The van der Waals surface area contributed by atoms with Crippen molar-refractivity contribution in [2.45, 2.75) is 37.0 Å². The topological polar surface area (TPSA) is 82.6 Å². The first-order valence-corrected chi connectivity index (χ1v) is 13.0. The number of nitrogens with zero attached hydrogens (tertiary/aromatic N) is 3. The van der Waals surface area contributed by atoms with Gasteiger partial charge in [-0.3, -0.25) is 4.79 Å². The Morgan fingerprint density at radius 3 is 2.47 bits per heavy atom. The normalized spacial score (nSPS) is 18.5. The van der Waals surface area contributed by atoms with Crippen molar-refractivity contribution >= 4 is 50.6 Å². The second kappa shape index (κ2) is 9.95. The highest BCUT2D eigenvalue weighted by molar-refractivity contribution is 7.89. The van der Waals surface area contributed by atoms with E-state index < -0.39 is 10.0 Å². The molecule has 2 aliphatic heterocycles. The Balaban J connectivity index is 1.41. The summed E-state index contributed by atoms with van der Waals surface area (Å²) in [5.74, 6) is 0.427. The summed E-state index contributed by atoms with van der Waals surface area (Å²) in [5, 5.41) is 3.47. The second-order valence-electron chi connectivity index (χ2n) is 8.16. The van der Waals surface area contributed by atoms with Gasteiger partial charge < -0.3 is 10.2 Å². The van der Waals surface area contributed by atoms with E-state index in [9.17, 15) is 13.2 Å². The number of benzene rings is 1. The van der Waals surface area contributed by atoms with E-state index >= 15 is 0 Å². The fourth-order valence-electron chi connectivity index (χ4n) is 4.26. The van der Waals surface area contributed by atoms with Crippen LogP contribution < -0.4 is 10.2 Å². The summed E-state index contributed by atoms with van der Waals surface area (Å²) in [6, 6.07) is 8.08. The smallest absolute Gasteiger partial charge is 0.244 e. The van der Waals surface area contributed by atoms with Crippen molar-refractivity contribution in [2.24, 2.45) is 5.92 Å². The molecule has 2 aliphatic rings. The number of nitrogens with one attached hydrogen (secondary N) is 1. The van der Waals surface area contributed by atoms with Crippen LogP contribution in [0.2, 0.25) is 10.0 Å². The number of sulfonamides is 1. The Morgan fingerprint density at radius 1 is 1.03 bits per heavy atom. The molecule has 2 fully saturated rings. The summed E-state index contributed by atoms with van der Waals surface area (Å²) in [7, 11) is -3.78. The SMILES string of the molecule is O=C(Nc1cccnc1N1CCCCC1)C1CCN(S(=O)(=O)c2cc(Cl)ccc2Cl)CC1. The molecule has 0 radical (unpaired) electrons. The summed E-state index contributed by atoms with van der Waals surface area (Å²) in [6.07, 6.45) is 6.06. The predicted octanol–water partition coefficient (Wildman–Crippen LogP) is 4.42. The zero-order chi connectivity index (χ0) is 22.7. The number of rotatable bonds is 5. The summed E-state index contributed by atoms with van der Waals surface area (Å²) in [4.78, 5) is 19.7. The molecular weight excluding hydrogens is 471 g/mol. The van der Waals surface area contributed by atoms with Crippen molar-refractivity contribution in [1.82, 2.24) is 9.29 Å². The Labute approximate surface area is 198 Å². The van der Waals surface area contributed by atoms with Crippen LogP contribution in [0.4, 0.5) is 11.5 Å². The van der Waals surface area contributed by atoms with E-state index in [2.05, 4.69) is 15.2 Å². The minimum atomic E-state index is -3.78. The molecular formula is C22H26Cl2N4O3S. The molecule has 10 heteroatoms. The minimum Gasteiger partial charge on any atom is -0.355 e. The lowest BCUT2D eigenvalue weighted by Gasteiger charge is -2.32. The Bertz CT molecular complexity index is 1080. The highest BCUT2D eigenvalue weighted by Gasteiger charge is 2.33. The van der Waals surface area contributed by atoms with Crippen molar-refractivity contribution in [2.75, 3.05) is 36.4 Å². The van der Waals surface area contributed by atoms with Crippen LogP contribution >= 0.6 is 23.2 Å². The number of pyridine rings is 1. The van der Waals surface area contributed by atoms with E-state index in [1.165, 1.54) is 22.9 Å². The maximum Gasteiger partial charge on any atom is 0.244 e. The van der Waals surface area contributed by atoms with Gasteiger partial charge in [0.05, 0.1) is 10.7 Å². The standard InChI is InChI=1S/C22H26Cl2N4O3S/c23-17-6-7-18(24)20(15-17)32(30,31)28-13-8-16(9-14-28)22(29)26-19-5-4-10-25-21(19)27-11-2-1-3-12-27/h4-7,10,15-16H,1-3,8-9,11-14H2,(H,26,29). The molecule has 1 amide bonds. The fourth-order valence-corrected chi connectivity index (χ4v) is 6.47. The molecule has 0 unspecified atom stereocenters. The molecule has 0 atom stereocenters. The van der Waals surface area contributed by atoms with E-state index in [0.717, 1.165) is 31.7 Å². The van der Waals surface area contributed by atoms with Crippen LogP contribution in [0.3, 0.4) is 0 Å². The van der Waals surface area contributed by atoms with Gasteiger partial charge in [0.15, 0.2) is 5.82 Å². The monoisotopic (exact) mass is 496 g/mol. The van der Waals surface area contributed by atoms with E-state index in [1.54, 1.807) is 12.3 Å². The van der Waals surface area contributed by atoms with Gasteiger partial charge in [-0.2, -0.15) is 4.31 Å². The van der Waals surface area contributed by atoms with Crippen LogP contribution in [0.25, 0.3) is 0 Å². The zero-order valence-corrected chi connectivity index (χ0v) is 20.0. The highest BCUT2D eigenvalue weighted by atomic mass is 35.5. The average molecular weight is 497 g/mol. The highest BCUT2D eigenvalue weighted by Crippen LogP contribution is 2.31. The molecule has 32 heavy (non-hydrogen) atoms. The minimum absolute atomic E-state index is 0.00361. The molecule has 0 saturated carbocycles. The van der Waals surface area contributed by atoms with Gasteiger partial charge in [0.2, 0.25) is 15.9 Å². The molecule has 1 N–H and O–H groups in total. The van der Waals surface area contributed by atoms with E-state index in [4.69, 9.17) is 23.2 Å². The number of halogens is 2. The van der Waals surface area contributed by atoms with Crippen LogP contribution in [0.15, 0.2) is 41.4 Å². The molecule has 0 spiro atoms. The van der Waals surface area contributed by atoms with E-state index in [0.29, 0.717) is 23.6 Å². The van der Waals surface area contributed by atoms with Crippen LogP contribution in [0.5, 0.6) is 0 Å². The van der Waals surface area contributed by atoms with E-state index in [1.807, 2.05) is 12.1 Å². The average Bonchev–Trinajstić information content (AvgIpc) is 2.81. The lowest BCUT2D eigenvalue weighted by atomic mass is 9.97. The second-order valence-corrected chi connectivity index (χ2v) is 10.9. The van der Waals surface area contributed by atoms with Gasteiger partial charge in [-0.1, -0.05) is 23.2 Å². The summed E-state index contributed by atoms with van der Waals surface area (Å²) >= 11 is 12.1. The first kappa shape index (κ1) is 23.3. The van der Waals surface area contributed by atoms with Gasteiger partial charge in [-0.15, -0.1) is 0 Å². The van der Waals surface area contributed by atoms with Gasteiger partial charge in [0.1, 0.15) is 4.90 Å². The molecule has 0 aliphatic carbocycles. The molecule has 3 heterocycles. The van der Waals surface area contributed by atoms with Crippen LogP contribution in [0, 0.1) is 5.92 Å². The first-order chi connectivity index (χ1) is 15.4.